The van der Waals surface area contributed by atoms with Gasteiger partial charge < -0.3 is 10.2 Å². The van der Waals surface area contributed by atoms with Crippen molar-refractivity contribution in [2.45, 2.75) is 65.0 Å². The molecule has 2 amide bonds. The molecule has 0 aliphatic heterocycles. The van der Waals surface area contributed by atoms with Crippen LogP contribution in [0.1, 0.15) is 51.7 Å². The Balaban J connectivity index is 1.78. The zero-order chi connectivity index (χ0) is 23.8. The van der Waals surface area contributed by atoms with Gasteiger partial charge in [-0.05, 0) is 61.9 Å². The van der Waals surface area contributed by atoms with E-state index in [1.165, 1.54) is 10.8 Å². The predicted octanol–water partition coefficient (Wildman–Crippen LogP) is 5.54. The average Bonchev–Trinajstić information content (AvgIpc) is 2.79. The van der Waals surface area contributed by atoms with Crippen molar-refractivity contribution in [1.29, 1.82) is 0 Å². The second-order valence-corrected chi connectivity index (χ2v) is 9.62. The number of benzene rings is 3. The Hall–Kier alpha value is -3.14. The van der Waals surface area contributed by atoms with Crippen LogP contribution in [0, 0.1) is 0 Å². The zero-order valence-corrected chi connectivity index (χ0v) is 20.3. The molecule has 0 bridgehead atoms. The van der Waals surface area contributed by atoms with Crippen molar-refractivity contribution in [2.24, 2.45) is 0 Å². The van der Waals surface area contributed by atoms with Crippen molar-refractivity contribution in [3.63, 3.8) is 0 Å². The van der Waals surface area contributed by atoms with Gasteiger partial charge in [0.25, 0.3) is 0 Å². The van der Waals surface area contributed by atoms with E-state index in [-0.39, 0.29) is 17.4 Å². The largest absolute Gasteiger partial charge is 0.350 e. The van der Waals surface area contributed by atoms with Crippen LogP contribution >= 0.6 is 0 Å². The molecule has 33 heavy (non-hydrogen) atoms. The molecule has 0 aliphatic rings. The first-order valence-electron chi connectivity index (χ1n) is 11.9. The Labute approximate surface area is 198 Å². The van der Waals surface area contributed by atoms with Crippen LogP contribution in [0.25, 0.3) is 10.8 Å². The Morgan fingerprint density at radius 1 is 0.879 bits per heavy atom. The number of nitrogens with zero attached hydrogens (tertiary/aromatic N) is 1. The van der Waals surface area contributed by atoms with Crippen molar-refractivity contribution in [1.82, 2.24) is 10.2 Å². The summed E-state index contributed by atoms with van der Waals surface area (Å²) in [5.41, 5.74) is 1.98. The van der Waals surface area contributed by atoms with Gasteiger partial charge in [-0.1, -0.05) is 79.7 Å². The fourth-order valence-electron chi connectivity index (χ4n) is 4.24. The molecule has 0 saturated carbocycles. The molecule has 1 unspecified atom stereocenters. The zero-order valence-electron chi connectivity index (χ0n) is 20.3. The average molecular weight is 445 g/mol. The van der Waals surface area contributed by atoms with Gasteiger partial charge in [0.05, 0.1) is 0 Å². The third kappa shape index (κ3) is 6.92. The second-order valence-electron chi connectivity index (χ2n) is 9.62. The van der Waals surface area contributed by atoms with Crippen molar-refractivity contribution in [2.75, 3.05) is 6.54 Å². The molecule has 0 saturated heterocycles. The fraction of sp³-hybridized carbons (Fsp3) is 0.379. The quantitative estimate of drug-likeness (QED) is 0.471. The van der Waals surface area contributed by atoms with E-state index in [0.717, 1.165) is 17.5 Å². The monoisotopic (exact) mass is 444 g/mol. The van der Waals surface area contributed by atoms with E-state index < -0.39 is 6.04 Å². The van der Waals surface area contributed by atoms with E-state index >= 15 is 0 Å². The number of carbonyl (C=O) groups is 2. The number of hydrogen-bond acceptors (Lipinski definition) is 2. The third-order valence-corrected chi connectivity index (χ3v) is 5.86. The molecule has 3 aromatic rings. The predicted molar refractivity (Wildman–Crippen MR) is 136 cm³/mol. The van der Waals surface area contributed by atoms with Gasteiger partial charge in [0, 0.05) is 18.5 Å². The van der Waals surface area contributed by atoms with E-state index in [0.29, 0.717) is 25.8 Å². The summed E-state index contributed by atoms with van der Waals surface area (Å²) in [4.78, 5) is 28.4. The summed E-state index contributed by atoms with van der Waals surface area (Å²) in [6.07, 6.45) is 2.33. The van der Waals surface area contributed by atoms with Crippen LogP contribution in [0.3, 0.4) is 0 Å². The Bertz CT molecular complexity index is 1060. The third-order valence-electron chi connectivity index (χ3n) is 5.86. The number of fused-ring (bicyclic) bond motifs is 1. The van der Waals surface area contributed by atoms with Gasteiger partial charge in [0.15, 0.2) is 0 Å². The topological polar surface area (TPSA) is 49.4 Å². The maximum Gasteiger partial charge on any atom is 0.243 e. The first kappa shape index (κ1) is 24.5. The first-order chi connectivity index (χ1) is 15.8. The minimum atomic E-state index is -0.479. The van der Waals surface area contributed by atoms with Crippen LogP contribution in [-0.4, -0.2) is 34.8 Å². The fourth-order valence-corrected chi connectivity index (χ4v) is 4.24. The summed E-state index contributed by atoms with van der Waals surface area (Å²) in [5, 5.41) is 5.43. The summed E-state index contributed by atoms with van der Waals surface area (Å²) in [5.74, 6) is -0.0636. The van der Waals surface area contributed by atoms with Crippen LogP contribution in [0.15, 0.2) is 72.8 Å². The van der Waals surface area contributed by atoms with Crippen LogP contribution in [0.4, 0.5) is 0 Å². The number of amides is 2. The smallest absolute Gasteiger partial charge is 0.243 e. The lowest BCUT2D eigenvalue weighted by Gasteiger charge is -2.33. The Morgan fingerprint density at radius 2 is 1.55 bits per heavy atom. The molecule has 4 heteroatoms. The molecule has 1 N–H and O–H groups in total. The summed E-state index contributed by atoms with van der Waals surface area (Å²) < 4.78 is 0. The molecular weight excluding hydrogens is 408 g/mol. The van der Waals surface area contributed by atoms with Gasteiger partial charge in [-0.2, -0.15) is 0 Å². The van der Waals surface area contributed by atoms with Gasteiger partial charge in [-0.15, -0.1) is 0 Å². The van der Waals surface area contributed by atoms with E-state index in [9.17, 15) is 9.59 Å². The highest BCUT2D eigenvalue weighted by Crippen LogP contribution is 2.21. The SMILES string of the molecule is CCC(C(=O)NC(C)(C)C)N(CCc1ccccc1)C(=O)CCc1cccc2ccccc12. The van der Waals surface area contributed by atoms with E-state index in [1.54, 1.807) is 4.90 Å². The van der Waals surface area contributed by atoms with Crippen molar-refractivity contribution in [3.05, 3.63) is 83.9 Å². The van der Waals surface area contributed by atoms with Crippen molar-refractivity contribution in [3.8, 4) is 0 Å². The summed E-state index contributed by atoms with van der Waals surface area (Å²) in [7, 11) is 0. The van der Waals surface area contributed by atoms with Crippen LogP contribution in [0.2, 0.25) is 0 Å². The number of nitrogens with one attached hydrogen (secondary N) is 1. The molecule has 0 radical (unpaired) electrons. The summed E-state index contributed by atoms with van der Waals surface area (Å²) in [6, 6.07) is 24.1. The molecular formula is C29H36N2O2. The van der Waals surface area contributed by atoms with Crippen LogP contribution in [-0.2, 0) is 22.4 Å². The lowest BCUT2D eigenvalue weighted by molar-refractivity contribution is -0.141. The summed E-state index contributed by atoms with van der Waals surface area (Å²) in [6.45, 7) is 8.39. The minimum Gasteiger partial charge on any atom is -0.350 e. The molecule has 0 fully saturated rings. The lowest BCUT2D eigenvalue weighted by atomic mass is 10.00. The number of carbonyl (C=O) groups excluding carboxylic acids is 2. The second kappa shape index (κ2) is 11.1. The van der Waals surface area contributed by atoms with Gasteiger partial charge >= 0.3 is 0 Å². The highest BCUT2D eigenvalue weighted by molar-refractivity contribution is 5.89. The first-order valence-corrected chi connectivity index (χ1v) is 11.9. The maximum absolute atomic E-state index is 13.5. The van der Waals surface area contributed by atoms with E-state index in [4.69, 9.17) is 0 Å². The van der Waals surface area contributed by atoms with E-state index in [1.807, 2.05) is 64.1 Å². The van der Waals surface area contributed by atoms with Gasteiger partial charge in [-0.25, -0.2) is 0 Å². The van der Waals surface area contributed by atoms with Crippen LogP contribution < -0.4 is 5.32 Å². The molecule has 3 rings (SSSR count). The van der Waals surface area contributed by atoms with Gasteiger partial charge in [0.1, 0.15) is 6.04 Å². The molecule has 1 atom stereocenters. The Kier molecular flexibility index (Phi) is 8.26. The molecule has 174 valence electrons. The van der Waals surface area contributed by atoms with Gasteiger partial charge in [-0.3, -0.25) is 9.59 Å². The van der Waals surface area contributed by atoms with Crippen molar-refractivity contribution >= 4 is 22.6 Å². The maximum atomic E-state index is 13.5. The molecule has 0 spiro atoms. The standard InChI is InChI=1S/C29H36N2O2/c1-5-26(28(33)30-29(2,3)4)31(21-20-22-12-7-6-8-13-22)27(32)19-18-24-16-11-15-23-14-9-10-17-25(23)24/h6-17,26H,5,18-21H2,1-4H3,(H,30,33). The lowest BCUT2D eigenvalue weighted by Crippen LogP contribution is -2.54. The number of aryl methyl sites for hydroxylation is 1. The normalized spacial score (nSPS) is 12.4. The van der Waals surface area contributed by atoms with E-state index in [2.05, 4.69) is 41.7 Å². The summed E-state index contributed by atoms with van der Waals surface area (Å²) >= 11 is 0. The highest BCUT2D eigenvalue weighted by Gasteiger charge is 2.30. The number of hydrogen-bond donors (Lipinski definition) is 1. The highest BCUT2D eigenvalue weighted by atomic mass is 16.2. The number of rotatable bonds is 9. The molecule has 0 aromatic heterocycles. The van der Waals surface area contributed by atoms with Crippen LogP contribution in [0.5, 0.6) is 0 Å². The molecule has 0 heterocycles. The molecule has 3 aromatic carbocycles. The minimum absolute atomic E-state index is 0.0229. The Morgan fingerprint density at radius 3 is 2.24 bits per heavy atom. The molecule has 0 aliphatic carbocycles. The molecule has 4 nitrogen and oxygen atoms in total. The van der Waals surface area contributed by atoms with Gasteiger partial charge in [0.2, 0.25) is 11.8 Å². The van der Waals surface area contributed by atoms with Crippen molar-refractivity contribution < 1.29 is 9.59 Å².